The highest BCUT2D eigenvalue weighted by Crippen LogP contribution is 2.39. The monoisotopic (exact) mass is 777 g/mol. The minimum Gasteiger partial charge on any atom is -0.444 e. The lowest BCUT2D eigenvalue weighted by molar-refractivity contribution is 0.0208. The van der Waals surface area contributed by atoms with Crippen LogP contribution in [-0.4, -0.2) is 78.6 Å². The number of nitrogens with zero attached hydrogens (tertiary/aromatic N) is 5. The molecule has 2 N–H and O–H groups in total. The number of imidazole rings is 2. The average Bonchev–Trinajstić information content (AvgIpc) is 3.98. The number of carbonyl (C=O) groups excluding carboxylic acids is 2. The van der Waals surface area contributed by atoms with E-state index in [-0.39, 0.29) is 29.2 Å². The molecule has 0 saturated carbocycles. The summed E-state index contributed by atoms with van der Waals surface area (Å²) in [4.78, 5) is 45.9. The van der Waals surface area contributed by atoms with Gasteiger partial charge in [0, 0.05) is 35.0 Å². The normalized spacial score (nSPS) is 18.0. The number of H-pyrrole nitrogens is 2. The summed E-state index contributed by atoms with van der Waals surface area (Å²) < 4.78 is 42.0. The van der Waals surface area contributed by atoms with Crippen molar-refractivity contribution in [3.8, 4) is 22.5 Å². The predicted octanol–water partition coefficient (Wildman–Crippen LogP) is 8.96. The molecule has 8 rings (SSSR count). The van der Waals surface area contributed by atoms with E-state index in [0.717, 1.165) is 47.6 Å². The first kappa shape index (κ1) is 37.3. The van der Waals surface area contributed by atoms with Gasteiger partial charge in [0.05, 0.1) is 51.8 Å². The van der Waals surface area contributed by atoms with Gasteiger partial charge in [0.1, 0.15) is 22.9 Å². The maximum Gasteiger partial charge on any atom is 0.410 e. The van der Waals surface area contributed by atoms with Crippen LogP contribution < -0.4 is 0 Å². The predicted molar refractivity (Wildman–Crippen MR) is 213 cm³/mol. The zero-order valence-corrected chi connectivity index (χ0v) is 33.3. The number of aromatic amines is 2. The van der Waals surface area contributed by atoms with Crippen molar-refractivity contribution in [3.05, 3.63) is 90.8 Å². The SMILES string of the molecule is CC(C)(C)OC(=O)N1CCC[C@H]1c1ncc(-c2ccc3c4ccc(-c5cnc([C@@H]6CCCN6C(=O)OC(C)(C)C)[nH]5)cc4n(S(=O)(=O)c4ccccc4)c3c2)[nH]1. The molecular formula is C42H47N7O6S. The van der Waals surface area contributed by atoms with Crippen molar-refractivity contribution in [2.75, 3.05) is 13.1 Å². The quantitative estimate of drug-likeness (QED) is 0.170. The number of likely N-dealkylation sites (tertiary alicyclic amines) is 2. The van der Waals surface area contributed by atoms with E-state index in [1.54, 1.807) is 52.5 Å². The minimum absolute atomic E-state index is 0.161. The first-order valence-electron chi connectivity index (χ1n) is 19.1. The van der Waals surface area contributed by atoms with Gasteiger partial charge < -0.3 is 19.4 Å². The van der Waals surface area contributed by atoms with E-state index in [1.165, 1.54) is 3.97 Å². The van der Waals surface area contributed by atoms with E-state index in [4.69, 9.17) is 9.47 Å². The van der Waals surface area contributed by atoms with Gasteiger partial charge in [0.2, 0.25) is 0 Å². The second kappa shape index (κ2) is 13.8. The Labute approximate surface area is 326 Å². The summed E-state index contributed by atoms with van der Waals surface area (Å²) >= 11 is 0. The van der Waals surface area contributed by atoms with Crippen molar-refractivity contribution in [3.63, 3.8) is 0 Å². The molecule has 2 aliphatic heterocycles. The molecule has 13 nitrogen and oxygen atoms in total. The molecule has 56 heavy (non-hydrogen) atoms. The summed E-state index contributed by atoms with van der Waals surface area (Å²) in [6, 6.07) is 19.4. The maximum absolute atomic E-state index is 14.6. The van der Waals surface area contributed by atoms with Crippen LogP contribution in [-0.2, 0) is 19.5 Å². The van der Waals surface area contributed by atoms with E-state index >= 15 is 0 Å². The highest BCUT2D eigenvalue weighted by molar-refractivity contribution is 7.90. The number of fused-ring (bicyclic) bond motifs is 3. The lowest BCUT2D eigenvalue weighted by atomic mass is 10.1. The van der Waals surface area contributed by atoms with Gasteiger partial charge in [-0.2, -0.15) is 0 Å². The third kappa shape index (κ3) is 7.02. The molecule has 6 aromatic rings. The molecule has 2 saturated heterocycles. The molecule has 0 bridgehead atoms. The van der Waals surface area contributed by atoms with Crippen LogP contribution >= 0.6 is 0 Å². The molecule has 2 aliphatic rings. The number of carbonyl (C=O) groups is 2. The van der Waals surface area contributed by atoms with Crippen molar-refractivity contribution in [2.45, 2.75) is 95.4 Å². The summed E-state index contributed by atoms with van der Waals surface area (Å²) in [5.74, 6) is 1.30. The molecular weight excluding hydrogens is 731 g/mol. The van der Waals surface area contributed by atoms with Crippen LogP contribution in [0.3, 0.4) is 0 Å². The molecule has 292 valence electrons. The Morgan fingerprint density at radius 3 is 1.55 bits per heavy atom. The van der Waals surface area contributed by atoms with Gasteiger partial charge in [-0.05, 0) is 91.5 Å². The first-order chi connectivity index (χ1) is 26.6. The lowest BCUT2D eigenvalue weighted by Gasteiger charge is -2.27. The van der Waals surface area contributed by atoms with Crippen molar-refractivity contribution < 1.29 is 27.5 Å². The highest BCUT2D eigenvalue weighted by atomic mass is 32.2. The molecule has 2 amide bonds. The molecule has 0 spiro atoms. The fraction of sp³-hybridized carbons (Fsp3) is 0.381. The van der Waals surface area contributed by atoms with Crippen LogP contribution in [0.5, 0.6) is 0 Å². The number of amides is 2. The second-order valence-corrected chi connectivity index (χ2v) is 18.4. The number of aromatic nitrogens is 5. The van der Waals surface area contributed by atoms with Crippen LogP contribution in [0.15, 0.2) is 84.0 Å². The number of benzene rings is 3. The fourth-order valence-corrected chi connectivity index (χ4v) is 9.29. The van der Waals surface area contributed by atoms with Crippen LogP contribution in [0.2, 0.25) is 0 Å². The Hall–Kier alpha value is -5.63. The van der Waals surface area contributed by atoms with Crippen LogP contribution in [0.1, 0.15) is 91.0 Å². The van der Waals surface area contributed by atoms with E-state index in [9.17, 15) is 18.0 Å². The Kier molecular flexibility index (Phi) is 9.22. The van der Waals surface area contributed by atoms with Crippen LogP contribution in [0.4, 0.5) is 9.59 Å². The van der Waals surface area contributed by atoms with Gasteiger partial charge in [0.25, 0.3) is 10.0 Å². The Morgan fingerprint density at radius 2 is 1.12 bits per heavy atom. The summed E-state index contributed by atoms with van der Waals surface area (Å²) in [6.07, 6.45) is 5.86. The van der Waals surface area contributed by atoms with Gasteiger partial charge in [0.15, 0.2) is 0 Å². The molecule has 2 fully saturated rings. The van der Waals surface area contributed by atoms with Crippen molar-refractivity contribution in [1.29, 1.82) is 0 Å². The molecule has 0 unspecified atom stereocenters. The van der Waals surface area contributed by atoms with Crippen molar-refractivity contribution in [2.24, 2.45) is 0 Å². The van der Waals surface area contributed by atoms with E-state index in [1.807, 2.05) is 77.9 Å². The largest absolute Gasteiger partial charge is 0.444 e. The third-order valence-electron chi connectivity index (χ3n) is 10.2. The Balaban J connectivity index is 1.18. The Morgan fingerprint density at radius 1 is 0.679 bits per heavy atom. The van der Waals surface area contributed by atoms with Crippen molar-refractivity contribution >= 4 is 44.0 Å². The number of ether oxygens (including phenoxy) is 2. The van der Waals surface area contributed by atoms with Gasteiger partial charge in [-0.25, -0.2) is 31.9 Å². The van der Waals surface area contributed by atoms with Gasteiger partial charge in [-0.3, -0.25) is 9.80 Å². The molecule has 14 heteroatoms. The highest BCUT2D eigenvalue weighted by Gasteiger charge is 2.36. The van der Waals surface area contributed by atoms with Crippen molar-refractivity contribution in [1.82, 2.24) is 33.7 Å². The maximum atomic E-state index is 14.6. The zero-order chi connectivity index (χ0) is 39.6. The number of rotatable bonds is 6. The smallest absolute Gasteiger partial charge is 0.410 e. The zero-order valence-electron chi connectivity index (χ0n) is 32.5. The van der Waals surface area contributed by atoms with E-state index < -0.39 is 21.2 Å². The van der Waals surface area contributed by atoms with Gasteiger partial charge in [-0.1, -0.05) is 42.5 Å². The first-order valence-corrected chi connectivity index (χ1v) is 20.5. The van der Waals surface area contributed by atoms with Gasteiger partial charge in [-0.15, -0.1) is 0 Å². The molecule has 3 aromatic heterocycles. The summed E-state index contributed by atoms with van der Waals surface area (Å²) in [6.45, 7) is 12.2. The Bertz CT molecular complexity index is 2420. The van der Waals surface area contributed by atoms with E-state index in [0.29, 0.717) is 47.2 Å². The topological polar surface area (TPSA) is 156 Å². The summed E-state index contributed by atoms with van der Waals surface area (Å²) in [5, 5.41) is 1.54. The lowest BCUT2D eigenvalue weighted by Crippen LogP contribution is -2.36. The third-order valence-corrected chi connectivity index (χ3v) is 12.0. The number of nitrogens with one attached hydrogen (secondary N) is 2. The molecule has 0 radical (unpaired) electrons. The number of hydrogen-bond acceptors (Lipinski definition) is 8. The number of hydrogen-bond donors (Lipinski definition) is 2. The van der Waals surface area contributed by atoms with Gasteiger partial charge >= 0.3 is 12.2 Å². The second-order valence-electron chi connectivity index (χ2n) is 16.6. The molecule has 2 atom stereocenters. The molecule has 0 aliphatic carbocycles. The van der Waals surface area contributed by atoms with Crippen LogP contribution in [0, 0.1) is 0 Å². The summed E-state index contributed by atoms with van der Waals surface area (Å²) in [7, 11) is -4.08. The minimum atomic E-state index is -4.08. The fourth-order valence-electron chi connectivity index (χ4n) is 7.76. The van der Waals surface area contributed by atoms with Crippen LogP contribution in [0.25, 0.3) is 44.3 Å². The molecule has 5 heterocycles. The molecule has 3 aromatic carbocycles. The average molecular weight is 778 g/mol. The summed E-state index contributed by atoms with van der Waals surface area (Å²) in [5.41, 5.74) is 2.68. The van der Waals surface area contributed by atoms with E-state index in [2.05, 4.69) is 19.9 Å². The standard InChI is InChI=1S/C42H47N7O6S/c1-41(2,3)54-39(50)47-20-10-14-33(47)37-43-24-31(45-37)26-16-18-29-30-19-17-27(23-36(30)49(35(29)22-26)56(52,53)28-12-8-7-9-13-28)32-25-44-38(46-32)34-15-11-21-48(34)40(51)55-42(4,5)6/h7-9,12-13,16-19,22-25,33-34H,10-11,14-15,20-21H2,1-6H3,(H,43,45)(H,44,46)/t33-,34-/m0/s1.